The molecular weight excluding hydrogens is 463 g/mol. The third-order valence-corrected chi connectivity index (χ3v) is 6.22. The maximum Gasteiger partial charge on any atom is 0.255 e. The fourth-order valence-corrected chi connectivity index (χ4v) is 4.37. The lowest BCUT2D eigenvalue weighted by Crippen LogP contribution is -2.24. The number of nitrogens with two attached hydrogens (primary N) is 1. The lowest BCUT2D eigenvalue weighted by atomic mass is 10.1. The van der Waals surface area contributed by atoms with E-state index in [0.29, 0.717) is 34.1 Å². The van der Waals surface area contributed by atoms with Crippen LogP contribution in [0.2, 0.25) is 0 Å². The fourth-order valence-electron chi connectivity index (χ4n) is 4.37. The van der Waals surface area contributed by atoms with E-state index in [2.05, 4.69) is 30.3 Å². The molecule has 0 radical (unpaired) electrons. The Morgan fingerprint density at radius 2 is 1.92 bits per heavy atom. The first-order valence-corrected chi connectivity index (χ1v) is 11.7. The number of nitrogens with one attached hydrogen (secondary N) is 1. The Bertz CT molecular complexity index is 1380. The molecule has 0 unspecified atom stereocenters. The zero-order chi connectivity index (χ0) is 25.1. The number of benzene rings is 1. The normalized spacial score (nSPS) is 13.4. The molecule has 0 bridgehead atoms. The summed E-state index contributed by atoms with van der Waals surface area (Å²) in [7, 11) is 1.54. The van der Waals surface area contributed by atoms with E-state index in [1.165, 1.54) is 13.3 Å². The number of ether oxygens (including phenoxy) is 1. The van der Waals surface area contributed by atoms with E-state index < -0.39 is 5.82 Å². The highest BCUT2D eigenvalue weighted by atomic mass is 19.1. The van der Waals surface area contributed by atoms with Gasteiger partial charge in [-0.1, -0.05) is 12.1 Å². The molecule has 1 aliphatic heterocycles. The van der Waals surface area contributed by atoms with Crippen molar-refractivity contribution in [2.45, 2.75) is 32.5 Å². The Morgan fingerprint density at radius 3 is 2.67 bits per heavy atom. The van der Waals surface area contributed by atoms with Crippen LogP contribution in [0.15, 0.2) is 43.0 Å². The number of aromatic nitrogens is 5. The molecule has 3 N–H and O–H groups in total. The number of fused-ring (bicyclic) bond motifs is 1. The minimum Gasteiger partial charge on any atom is -0.383 e. The van der Waals surface area contributed by atoms with Crippen molar-refractivity contribution in [1.82, 2.24) is 30.0 Å². The van der Waals surface area contributed by atoms with Gasteiger partial charge in [0.15, 0.2) is 0 Å². The Morgan fingerprint density at radius 1 is 1.14 bits per heavy atom. The van der Waals surface area contributed by atoms with Crippen molar-refractivity contribution < 1.29 is 13.9 Å². The van der Waals surface area contributed by atoms with E-state index in [4.69, 9.17) is 10.5 Å². The summed E-state index contributed by atoms with van der Waals surface area (Å²) in [6.07, 6.45) is 8.99. The summed E-state index contributed by atoms with van der Waals surface area (Å²) < 4.78 is 21.9. The van der Waals surface area contributed by atoms with Crippen LogP contribution in [0.4, 0.5) is 16.2 Å². The van der Waals surface area contributed by atoms with Crippen molar-refractivity contribution in [3.05, 3.63) is 71.2 Å². The largest absolute Gasteiger partial charge is 0.383 e. The molecule has 10 nitrogen and oxygen atoms in total. The van der Waals surface area contributed by atoms with Gasteiger partial charge in [-0.15, -0.1) is 0 Å². The van der Waals surface area contributed by atoms with Gasteiger partial charge < -0.3 is 20.7 Å². The minimum atomic E-state index is -0.438. The highest BCUT2D eigenvalue weighted by Gasteiger charge is 2.19. The molecule has 0 atom stereocenters. The van der Waals surface area contributed by atoms with Crippen molar-refractivity contribution >= 4 is 28.4 Å². The summed E-state index contributed by atoms with van der Waals surface area (Å²) in [5, 5.41) is 8.19. The number of halogens is 1. The fraction of sp³-hybridized carbons (Fsp3) is 0.320. The number of nitrogens with zero attached hydrogens (tertiary/aromatic N) is 6. The van der Waals surface area contributed by atoms with E-state index in [9.17, 15) is 9.18 Å². The quantitative estimate of drug-likeness (QED) is 0.386. The maximum atomic E-state index is 15.0. The van der Waals surface area contributed by atoms with E-state index in [-0.39, 0.29) is 24.9 Å². The summed E-state index contributed by atoms with van der Waals surface area (Å²) >= 11 is 0. The summed E-state index contributed by atoms with van der Waals surface area (Å²) in [6.45, 7) is 2.53. The monoisotopic (exact) mass is 490 g/mol. The maximum absolute atomic E-state index is 15.0. The molecule has 0 spiro atoms. The molecule has 1 aromatic carbocycles. The SMILES string of the molecule is COCc1nn(Cc2cnc(N3CCCC3)nc2)cc1C(=O)NCc1ccc2c(N)nccc2c1F. The predicted molar refractivity (Wildman–Crippen MR) is 133 cm³/mol. The van der Waals surface area contributed by atoms with Crippen molar-refractivity contribution in [3.8, 4) is 0 Å². The molecular formula is C25H27FN8O2. The number of pyridine rings is 1. The van der Waals surface area contributed by atoms with E-state index >= 15 is 0 Å². The van der Waals surface area contributed by atoms with Crippen LogP contribution in [-0.4, -0.2) is 50.8 Å². The molecule has 1 fully saturated rings. The van der Waals surface area contributed by atoms with Crippen molar-refractivity contribution in [3.63, 3.8) is 0 Å². The van der Waals surface area contributed by atoms with Gasteiger partial charge in [-0.3, -0.25) is 9.48 Å². The summed E-state index contributed by atoms with van der Waals surface area (Å²) in [4.78, 5) is 28.1. The van der Waals surface area contributed by atoms with Crippen LogP contribution in [0.3, 0.4) is 0 Å². The molecule has 0 aliphatic carbocycles. The molecule has 4 heterocycles. The number of hydrogen-bond acceptors (Lipinski definition) is 8. The number of amides is 1. The smallest absolute Gasteiger partial charge is 0.255 e. The standard InChI is InChI=1S/C25H27FN8O2/c1-36-15-21-20(14-34(32-21)13-16-10-30-25(31-11-16)33-8-2-3-9-33)24(35)29-12-17-4-5-19-18(22(17)26)6-7-28-23(19)27/h4-7,10-11,14H,2-3,8-9,12-13,15H2,1H3,(H2,27,28)(H,29,35). The third-order valence-electron chi connectivity index (χ3n) is 6.22. The summed E-state index contributed by atoms with van der Waals surface area (Å²) in [5.41, 5.74) is 7.89. The topological polar surface area (TPSA) is 124 Å². The number of nitrogen functional groups attached to an aromatic ring is 1. The van der Waals surface area contributed by atoms with Crippen molar-refractivity contribution in [1.29, 1.82) is 0 Å². The molecule has 1 aliphatic rings. The van der Waals surface area contributed by atoms with Crippen LogP contribution in [-0.2, 0) is 24.4 Å². The lowest BCUT2D eigenvalue weighted by molar-refractivity contribution is 0.0945. The number of rotatable bonds is 8. The number of hydrogen-bond donors (Lipinski definition) is 2. The van der Waals surface area contributed by atoms with Gasteiger partial charge >= 0.3 is 0 Å². The van der Waals surface area contributed by atoms with Crippen LogP contribution in [0, 0.1) is 5.82 Å². The second-order valence-electron chi connectivity index (χ2n) is 8.72. The lowest BCUT2D eigenvalue weighted by Gasteiger charge is -2.14. The Kier molecular flexibility index (Phi) is 6.72. The van der Waals surface area contributed by atoms with Crippen LogP contribution in [0.1, 0.15) is 40.0 Å². The third kappa shape index (κ3) is 4.82. The Balaban J connectivity index is 1.29. The molecule has 1 amide bonds. The van der Waals surface area contributed by atoms with E-state index in [0.717, 1.165) is 37.4 Å². The average Bonchev–Trinajstić information content (AvgIpc) is 3.55. The minimum absolute atomic E-state index is 0.00619. The van der Waals surface area contributed by atoms with Crippen LogP contribution >= 0.6 is 0 Å². The first-order valence-electron chi connectivity index (χ1n) is 11.7. The van der Waals surface area contributed by atoms with Gasteiger partial charge in [-0.05, 0) is 18.9 Å². The van der Waals surface area contributed by atoms with Crippen LogP contribution < -0.4 is 16.0 Å². The second kappa shape index (κ2) is 10.2. The van der Waals surface area contributed by atoms with E-state index in [1.54, 1.807) is 41.5 Å². The zero-order valence-corrected chi connectivity index (χ0v) is 19.9. The first kappa shape index (κ1) is 23.6. The van der Waals surface area contributed by atoms with Gasteiger partial charge in [0.2, 0.25) is 5.95 Å². The molecule has 1 saturated heterocycles. The summed E-state index contributed by atoms with van der Waals surface area (Å²) in [5.74, 6) is 0.182. The number of carbonyl (C=O) groups excluding carboxylic acids is 1. The Labute approximate surface area is 207 Å². The van der Waals surface area contributed by atoms with Crippen LogP contribution in [0.5, 0.6) is 0 Å². The molecule has 3 aromatic heterocycles. The average molecular weight is 491 g/mol. The van der Waals surface area contributed by atoms with Crippen molar-refractivity contribution in [2.24, 2.45) is 0 Å². The predicted octanol–water partition coefficient (Wildman–Crippen LogP) is 2.67. The van der Waals surface area contributed by atoms with Gasteiger partial charge in [0.1, 0.15) is 17.3 Å². The van der Waals surface area contributed by atoms with Gasteiger partial charge in [-0.25, -0.2) is 19.3 Å². The molecule has 0 saturated carbocycles. The number of methoxy groups -OCH3 is 1. The van der Waals surface area contributed by atoms with E-state index in [1.807, 2.05) is 0 Å². The highest BCUT2D eigenvalue weighted by molar-refractivity contribution is 5.95. The van der Waals surface area contributed by atoms with Gasteiger partial charge in [-0.2, -0.15) is 5.10 Å². The van der Waals surface area contributed by atoms with Crippen LogP contribution in [0.25, 0.3) is 10.8 Å². The number of anilines is 2. The zero-order valence-electron chi connectivity index (χ0n) is 19.9. The van der Waals surface area contributed by atoms with Crippen molar-refractivity contribution in [2.75, 3.05) is 30.8 Å². The van der Waals surface area contributed by atoms with Gasteiger partial charge in [0.05, 0.1) is 18.7 Å². The molecule has 11 heteroatoms. The molecule has 5 rings (SSSR count). The highest BCUT2D eigenvalue weighted by Crippen LogP contribution is 2.24. The molecule has 36 heavy (non-hydrogen) atoms. The molecule has 4 aromatic rings. The van der Waals surface area contributed by atoms with Gasteiger partial charge in [0.25, 0.3) is 5.91 Å². The number of carbonyl (C=O) groups is 1. The molecule has 186 valence electrons. The Hall–Kier alpha value is -4.12. The summed E-state index contributed by atoms with van der Waals surface area (Å²) in [6, 6.07) is 4.86. The first-order chi connectivity index (χ1) is 17.5. The van der Waals surface area contributed by atoms with Gasteiger partial charge in [0, 0.05) is 73.4 Å². The second-order valence-corrected chi connectivity index (χ2v) is 8.72.